The highest BCUT2D eigenvalue weighted by Crippen LogP contribution is 2.36. The fraction of sp³-hybridized carbons (Fsp3) is 0. The third kappa shape index (κ3) is 2.89. The fourth-order valence-corrected chi connectivity index (χ4v) is 5.47. The highest BCUT2D eigenvalue weighted by Gasteiger charge is 2.21. The van der Waals surface area contributed by atoms with Crippen LogP contribution in [0.15, 0.2) is 115 Å². The first-order chi connectivity index (χ1) is 17.2. The molecule has 2 N–H and O–H groups in total. The molecule has 0 radical (unpaired) electrons. The summed E-state index contributed by atoms with van der Waals surface area (Å²) in [5.41, 5.74) is 6.71. The zero-order chi connectivity index (χ0) is 23.5. The molecule has 5 aromatic carbocycles. The molecule has 166 valence electrons. The van der Waals surface area contributed by atoms with Gasteiger partial charge >= 0.3 is 7.12 Å². The van der Waals surface area contributed by atoms with Crippen LogP contribution in [-0.2, 0) is 0 Å². The zero-order valence-corrected chi connectivity index (χ0v) is 18.8. The van der Waals surface area contributed by atoms with E-state index in [4.69, 9.17) is 0 Å². The first-order valence-electron chi connectivity index (χ1n) is 11.7. The van der Waals surface area contributed by atoms with E-state index in [0.29, 0.717) is 5.46 Å². The Bertz CT molecular complexity index is 1840. The molecule has 0 aliphatic carbocycles. The molecule has 0 amide bonds. The van der Waals surface area contributed by atoms with Gasteiger partial charge in [-0.3, -0.25) is 0 Å². The average molecular weight is 452 g/mol. The van der Waals surface area contributed by atoms with Crippen LogP contribution < -0.4 is 5.46 Å². The summed E-state index contributed by atoms with van der Waals surface area (Å²) >= 11 is 0. The van der Waals surface area contributed by atoms with Gasteiger partial charge < -0.3 is 19.2 Å². The van der Waals surface area contributed by atoms with Crippen LogP contribution in [-0.4, -0.2) is 26.3 Å². The maximum absolute atomic E-state index is 10.1. The second-order valence-electron chi connectivity index (χ2n) is 8.86. The third-order valence-corrected chi connectivity index (χ3v) is 6.95. The van der Waals surface area contributed by atoms with Gasteiger partial charge in [-0.15, -0.1) is 0 Å². The minimum absolute atomic E-state index is 0.474. The highest BCUT2D eigenvalue weighted by atomic mass is 16.4. The van der Waals surface area contributed by atoms with E-state index in [1.54, 1.807) is 6.07 Å². The maximum Gasteiger partial charge on any atom is 0.490 e. The van der Waals surface area contributed by atoms with Crippen LogP contribution in [0.4, 0.5) is 0 Å². The van der Waals surface area contributed by atoms with Gasteiger partial charge in [0.15, 0.2) is 0 Å². The minimum Gasteiger partial charge on any atom is -0.423 e. The Labute approximate surface area is 202 Å². The van der Waals surface area contributed by atoms with Crippen molar-refractivity contribution >= 4 is 56.2 Å². The fourth-order valence-electron chi connectivity index (χ4n) is 5.47. The van der Waals surface area contributed by atoms with Gasteiger partial charge in [-0.25, -0.2) is 0 Å². The minimum atomic E-state index is -1.56. The molecule has 0 aliphatic heterocycles. The number of hydrogen-bond donors (Lipinski definition) is 2. The number of fused-ring (bicyclic) bond motifs is 6. The molecular formula is C30H21BN2O2. The Morgan fingerprint density at radius 1 is 0.457 bits per heavy atom. The van der Waals surface area contributed by atoms with E-state index >= 15 is 0 Å². The van der Waals surface area contributed by atoms with Crippen LogP contribution in [0.25, 0.3) is 55.0 Å². The van der Waals surface area contributed by atoms with Crippen molar-refractivity contribution in [2.24, 2.45) is 0 Å². The van der Waals surface area contributed by atoms with Crippen LogP contribution in [0.2, 0.25) is 0 Å². The number of para-hydroxylation sites is 4. The van der Waals surface area contributed by atoms with E-state index in [1.807, 2.05) is 30.3 Å². The summed E-state index contributed by atoms with van der Waals surface area (Å²) in [5, 5.41) is 24.8. The summed E-state index contributed by atoms with van der Waals surface area (Å²) in [7, 11) is -1.56. The van der Waals surface area contributed by atoms with E-state index in [1.165, 1.54) is 21.8 Å². The van der Waals surface area contributed by atoms with Crippen LogP contribution >= 0.6 is 0 Å². The number of aromatic nitrogens is 2. The van der Waals surface area contributed by atoms with Gasteiger partial charge in [0, 0.05) is 38.4 Å². The molecule has 0 atom stereocenters. The monoisotopic (exact) mass is 452 g/mol. The molecule has 2 heterocycles. The molecule has 0 saturated carbocycles. The summed E-state index contributed by atoms with van der Waals surface area (Å²) in [6.45, 7) is 0. The van der Waals surface area contributed by atoms with Gasteiger partial charge in [-0.05, 0) is 42.5 Å². The van der Waals surface area contributed by atoms with Crippen LogP contribution in [0.5, 0.6) is 0 Å². The summed E-state index contributed by atoms with van der Waals surface area (Å²) in [6.07, 6.45) is 0. The normalized spacial score (nSPS) is 11.7. The molecule has 7 aromatic rings. The summed E-state index contributed by atoms with van der Waals surface area (Å²) < 4.78 is 4.44. The lowest BCUT2D eigenvalue weighted by atomic mass is 9.79. The van der Waals surface area contributed by atoms with Gasteiger partial charge in [0.2, 0.25) is 0 Å². The molecule has 5 heteroatoms. The van der Waals surface area contributed by atoms with Crippen LogP contribution in [0.3, 0.4) is 0 Å². The van der Waals surface area contributed by atoms with Gasteiger partial charge in [0.1, 0.15) is 0 Å². The third-order valence-electron chi connectivity index (χ3n) is 6.95. The summed E-state index contributed by atoms with van der Waals surface area (Å²) in [5.74, 6) is 0. The number of nitrogens with zero attached hydrogens (tertiary/aromatic N) is 2. The smallest absolute Gasteiger partial charge is 0.423 e. The lowest BCUT2D eigenvalue weighted by Gasteiger charge is -2.13. The van der Waals surface area contributed by atoms with Crippen molar-refractivity contribution in [3.8, 4) is 11.4 Å². The van der Waals surface area contributed by atoms with Crippen LogP contribution in [0, 0.1) is 0 Å². The van der Waals surface area contributed by atoms with Crippen molar-refractivity contribution in [1.29, 1.82) is 0 Å². The first kappa shape index (κ1) is 20.1. The van der Waals surface area contributed by atoms with E-state index < -0.39 is 7.12 Å². The SMILES string of the molecule is OB(O)c1ccccc1-n1c2ccccc2c2cc(-n3c4ccccc4c4ccccc43)ccc21. The van der Waals surface area contributed by atoms with Crippen molar-refractivity contribution in [2.75, 3.05) is 0 Å². The Hall–Kier alpha value is -4.32. The molecule has 0 aliphatic rings. The van der Waals surface area contributed by atoms with Gasteiger partial charge in [-0.2, -0.15) is 0 Å². The molecule has 0 unspecified atom stereocenters. The Morgan fingerprint density at radius 3 is 1.57 bits per heavy atom. The Balaban J connectivity index is 1.57. The van der Waals surface area contributed by atoms with Crippen LogP contribution in [0.1, 0.15) is 0 Å². The molecule has 35 heavy (non-hydrogen) atoms. The molecule has 2 aromatic heterocycles. The molecule has 0 saturated heterocycles. The standard InChI is InChI=1S/C30H21BN2O2/c34-31(35)25-12-4-8-16-30(25)33-28-15-7-3-11-23(28)24-19-20(17-18-29(24)33)32-26-13-5-1-9-21(26)22-10-2-6-14-27(22)32/h1-19,34-35H. The predicted octanol–water partition coefficient (Wildman–Crippen LogP) is 5.56. The van der Waals surface area contributed by atoms with Gasteiger partial charge in [0.25, 0.3) is 0 Å². The Morgan fingerprint density at radius 2 is 0.943 bits per heavy atom. The topological polar surface area (TPSA) is 50.3 Å². The predicted molar refractivity (Wildman–Crippen MR) is 145 cm³/mol. The van der Waals surface area contributed by atoms with Gasteiger partial charge in [0.05, 0.1) is 22.1 Å². The van der Waals surface area contributed by atoms with E-state index in [2.05, 4.69) is 88.0 Å². The molecule has 7 rings (SSSR count). The van der Waals surface area contributed by atoms with Crippen molar-refractivity contribution in [2.45, 2.75) is 0 Å². The quantitative estimate of drug-likeness (QED) is 0.345. The Kier molecular flexibility index (Phi) is 4.36. The molecule has 0 fully saturated rings. The van der Waals surface area contributed by atoms with E-state index in [-0.39, 0.29) is 0 Å². The van der Waals surface area contributed by atoms with Crippen molar-refractivity contribution < 1.29 is 10.0 Å². The van der Waals surface area contributed by atoms with Crippen molar-refractivity contribution in [3.05, 3.63) is 115 Å². The second-order valence-corrected chi connectivity index (χ2v) is 8.86. The number of rotatable bonds is 3. The largest absolute Gasteiger partial charge is 0.490 e. The van der Waals surface area contributed by atoms with Crippen molar-refractivity contribution in [3.63, 3.8) is 0 Å². The molecule has 4 nitrogen and oxygen atoms in total. The average Bonchev–Trinajstić information content (AvgIpc) is 3.41. The van der Waals surface area contributed by atoms with Crippen molar-refractivity contribution in [1.82, 2.24) is 9.13 Å². The van der Waals surface area contributed by atoms with E-state index in [0.717, 1.165) is 33.2 Å². The number of benzene rings is 5. The lowest BCUT2D eigenvalue weighted by Crippen LogP contribution is -2.33. The number of hydrogen-bond acceptors (Lipinski definition) is 2. The second kappa shape index (κ2) is 7.60. The molecule has 0 bridgehead atoms. The molecule has 0 spiro atoms. The summed E-state index contributed by atoms with van der Waals surface area (Å²) in [6, 6.07) is 39.3. The van der Waals surface area contributed by atoms with E-state index in [9.17, 15) is 10.0 Å². The zero-order valence-electron chi connectivity index (χ0n) is 18.8. The lowest BCUT2D eigenvalue weighted by molar-refractivity contribution is 0.425. The van der Waals surface area contributed by atoms with Gasteiger partial charge in [-0.1, -0.05) is 72.8 Å². The first-order valence-corrected chi connectivity index (χ1v) is 11.7. The summed E-state index contributed by atoms with van der Waals surface area (Å²) in [4.78, 5) is 0. The molecular weight excluding hydrogens is 431 g/mol. The maximum atomic E-state index is 10.1. The highest BCUT2D eigenvalue weighted by molar-refractivity contribution is 6.60.